The van der Waals surface area contributed by atoms with Gasteiger partial charge in [-0.25, -0.2) is 0 Å². The lowest BCUT2D eigenvalue weighted by atomic mass is 9.86. The van der Waals surface area contributed by atoms with Gasteiger partial charge in [0.1, 0.15) is 0 Å². The molecule has 0 fully saturated rings. The zero-order chi connectivity index (χ0) is 18.3. The van der Waals surface area contributed by atoms with Crippen LogP contribution in [0.3, 0.4) is 0 Å². The topological polar surface area (TPSA) is 43.1 Å². The first-order valence-electron chi connectivity index (χ1n) is 8.76. The normalized spacial score (nSPS) is 14.1. The molecule has 0 radical (unpaired) electrons. The Morgan fingerprint density at radius 1 is 0.962 bits per heavy atom. The molecule has 3 aromatic rings. The minimum Gasteiger partial charge on any atom is -0.187 e. The fraction of sp³-hybridized carbons (Fsp3) is 0.286. The Labute approximate surface area is 158 Å². The lowest BCUT2D eigenvalue weighted by Crippen LogP contribution is -2.15. The summed E-state index contributed by atoms with van der Waals surface area (Å²) in [6, 6.07) is 17.0. The predicted octanol–water partition coefficient (Wildman–Crippen LogP) is 4.91. The summed E-state index contributed by atoms with van der Waals surface area (Å²) < 4.78 is 1.88. The average molecular weight is 363 g/mol. The molecule has 0 bridgehead atoms. The van der Waals surface area contributed by atoms with Gasteiger partial charge in [0.15, 0.2) is 5.82 Å². The van der Waals surface area contributed by atoms with Crippen molar-refractivity contribution in [1.29, 1.82) is 0 Å². The molecule has 0 unspecified atom stereocenters. The Morgan fingerprint density at radius 3 is 2.38 bits per heavy atom. The van der Waals surface area contributed by atoms with E-state index in [9.17, 15) is 0 Å². The van der Waals surface area contributed by atoms with Crippen molar-refractivity contribution >= 4 is 17.5 Å². The van der Waals surface area contributed by atoms with Crippen LogP contribution in [0.25, 0.3) is 11.4 Å². The zero-order valence-corrected chi connectivity index (χ0v) is 16.3. The zero-order valence-electron chi connectivity index (χ0n) is 15.5. The van der Waals surface area contributed by atoms with Crippen molar-refractivity contribution in [3.05, 3.63) is 65.2 Å². The molecule has 0 saturated heterocycles. The van der Waals surface area contributed by atoms with Gasteiger partial charge in [-0.15, -0.1) is 10.2 Å². The maximum absolute atomic E-state index is 4.87. The number of hydrogen-bond acceptors (Lipinski definition) is 4. The van der Waals surface area contributed by atoms with Gasteiger partial charge in [-0.3, -0.25) is 0 Å². The molecule has 0 aliphatic carbocycles. The van der Waals surface area contributed by atoms with Gasteiger partial charge in [-0.05, 0) is 29.0 Å². The second-order valence-corrected chi connectivity index (χ2v) is 8.54. The second-order valence-electron chi connectivity index (χ2n) is 7.60. The third-order valence-electron chi connectivity index (χ3n) is 4.64. The van der Waals surface area contributed by atoms with Crippen molar-refractivity contribution in [3.8, 4) is 11.4 Å². The first-order valence-corrected chi connectivity index (χ1v) is 9.75. The van der Waals surface area contributed by atoms with E-state index in [4.69, 9.17) is 5.10 Å². The molecule has 0 atom stereocenters. The van der Waals surface area contributed by atoms with Gasteiger partial charge in [-0.2, -0.15) is 9.78 Å². The monoisotopic (exact) mass is 362 g/mol. The number of thioether (sulfide) groups is 1. The number of benzene rings is 2. The van der Waals surface area contributed by atoms with Crippen LogP contribution in [0.5, 0.6) is 0 Å². The Kier molecular flexibility index (Phi) is 4.19. The summed E-state index contributed by atoms with van der Waals surface area (Å²) in [5.74, 6) is 1.61. The molecule has 4 nitrogen and oxygen atoms in total. The number of rotatable bonds is 2. The molecule has 1 aliphatic heterocycles. The van der Waals surface area contributed by atoms with Crippen molar-refractivity contribution < 1.29 is 0 Å². The van der Waals surface area contributed by atoms with E-state index in [1.807, 2.05) is 16.8 Å². The summed E-state index contributed by atoms with van der Waals surface area (Å²) in [6.45, 7) is 8.78. The minimum absolute atomic E-state index is 0.154. The van der Waals surface area contributed by atoms with Crippen LogP contribution in [-0.2, 0) is 5.41 Å². The molecule has 26 heavy (non-hydrogen) atoms. The van der Waals surface area contributed by atoms with Crippen LogP contribution >= 0.6 is 11.8 Å². The number of aryl methyl sites for hydroxylation is 1. The molecule has 5 heteroatoms. The molecule has 1 aromatic heterocycles. The van der Waals surface area contributed by atoms with Gasteiger partial charge in [0.05, 0.1) is 5.71 Å². The number of nitrogens with zero attached hydrogens (tertiary/aromatic N) is 4. The summed E-state index contributed by atoms with van der Waals surface area (Å²) in [5, 5.41) is 14.4. The molecule has 0 N–H and O–H groups in total. The van der Waals surface area contributed by atoms with E-state index in [2.05, 4.69) is 74.3 Å². The van der Waals surface area contributed by atoms with E-state index in [-0.39, 0.29) is 5.41 Å². The maximum atomic E-state index is 4.87. The van der Waals surface area contributed by atoms with E-state index < -0.39 is 0 Å². The summed E-state index contributed by atoms with van der Waals surface area (Å²) in [4.78, 5) is 0. The Hall–Kier alpha value is -2.40. The molecule has 0 spiro atoms. The van der Waals surface area contributed by atoms with Gasteiger partial charge < -0.3 is 0 Å². The van der Waals surface area contributed by atoms with Crippen molar-refractivity contribution in [2.45, 2.75) is 38.3 Å². The highest BCUT2D eigenvalue weighted by molar-refractivity contribution is 7.99. The third-order valence-corrected chi connectivity index (χ3v) is 5.57. The predicted molar refractivity (Wildman–Crippen MR) is 108 cm³/mol. The average Bonchev–Trinajstić information content (AvgIpc) is 3.04. The third kappa shape index (κ3) is 3.07. The van der Waals surface area contributed by atoms with E-state index >= 15 is 0 Å². The summed E-state index contributed by atoms with van der Waals surface area (Å²) in [7, 11) is 0. The molecule has 2 aromatic carbocycles. The van der Waals surface area contributed by atoms with Gasteiger partial charge in [0.25, 0.3) is 0 Å². The quantitative estimate of drug-likeness (QED) is 0.650. The molecule has 132 valence electrons. The van der Waals surface area contributed by atoms with E-state index in [1.54, 1.807) is 11.8 Å². The summed E-state index contributed by atoms with van der Waals surface area (Å²) in [6.07, 6.45) is 0. The second kappa shape index (κ2) is 6.40. The van der Waals surface area contributed by atoms with Gasteiger partial charge in [0.2, 0.25) is 5.16 Å². The fourth-order valence-electron chi connectivity index (χ4n) is 3.02. The van der Waals surface area contributed by atoms with Crippen LogP contribution in [-0.4, -0.2) is 26.3 Å². The SMILES string of the molecule is Cc1ccccc1-c1nnc2n1N=C(c1ccc(C(C)(C)C)cc1)CS2. The van der Waals surface area contributed by atoms with Crippen LogP contribution in [0, 0.1) is 6.92 Å². The lowest BCUT2D eigenvalue weighted by Gasteiger charge is -2.20. The van der Waals surface area contributed by atoms with Crippen LogP contribution < -0.4 is 0 Å². The number of fused-ring (bicyclic) bond motifs is 1. The molecular formula is C21H22N4S. The van der Waals surface area contributed by atoms with E-state index in [1.165, 1.54) is 11.1 Å². The van der Waals surface area contributed by atoms with Gasteiger partial charge in [-0.1, -0.05) is 81.1 Å². The van der Waals surface area contributed by atoms with Crippen molar-refractivity contribution in [3.63, 3.8) is 0 Å². The highest BCUT2D eigenvalue weighted by Gasteiger charge is 2.22. The molecule has 1 aliphatic rings. The Bertz CT molecular complexity index is 978. The van der Waals surface area contributed by atoms with Crippen LogP contribution in [0.15, 0.2) is 58.8 Å². The highest BCUT2D eigenvalue weighted by Crippen LogP contribution is 2.30. The molecular weight excluding hydrogens is 340 g/mol. The molecule has 0 saturated carbocycles. The minimum atomic E-state index is 0.154. The van der Waals surface area contributed by atoms with Crippen LogP contribution in [0.1, 0.15) is 37.5 Å². The van der Waals surface area contributed by atoms with Crippen molar-refractivity contribution in [2.24, 2.45) is 5.10 Å². The first-order chi connectivity index (χ1) is 12.4. The van der Waals surface area contributed by atoms with E-state index in [0.29, 0.717) is 0 Å². The molecule has 2 heterocycles. The van der Waals surface area contributed by atoms with Crippen molar-refractivity contribution in [2.75, 3.05) is 5.75 Å². The molecule has 0 amide bonds. The number of hydrogen-bond donors (Lipinski definition) is 0. The number of aromatic nitrogens is 3. The summed E-state index contributed by atoms with van der Waals surface area (Å²) in [5.41, 5.74) is 5.93. The van der Waals surface area contributed by atoms with Crippen LogP contribution in [0.2, 0.25) is 0 Å². The largest absolute Gasteiger partial charge is 0.212 e. The fourth-order valence-corrected chi connectivity index (χ4v) is 3.86. The van der Waals surface area contributed by atoms with Crippen LogP contribution in [0.4, 0.5) is 0 Å². The van der Waals surface area contributed by atoms with Crippen molar-refractivity contribution in [1.82, 2.24) is 14.9 Å². The summed E-state index contributed by atoms with van der Waals surface area (Å²) >= 11 is 1.68. The first kappa shape index (κ1) is 17.0. The smallest absolute Gasteiger partial charge is 0.187 e. The Balaban J connectivity index is 1.74. The standard InChI is InChI=1S/C21H22N4S/c1-14-7-5-6-8-17(14)19-22-23-20-25(19)24-18(13-26-20)15-9-11-16(12-10-15)21(2,3)4/h5-12H,13H2,1-4H3. The Morgan fingerprint density at radius 2 is 1.69 bits per heavy atom. The lowest BCUT2D eigenvalue weighted by molar-refractivity contribution is 0.590. The highest BCUT2D eigenvalue weighted by atomic mass is 32.2. The maximum Gasteiger partial charge on any atom is 0.212 e. The van der Waals surface area contributed by atoms with Gasteiger partial charge in [0, 0.05) is 11.3 Å². The van der Waals surface area contributed by atoms with E-state index in [0.717, 1.165) is 33.6 Å². The van der Waals surface area contributed by atoms with Gasteiger partial charge >= 0.3 is 0 Å². The molecule has 4 rings (SSSR count).